The van der Waals surface area contributed by atoms with Crippen molar-refractivity contribution in [1.29, 1.82) is 0 Å². The van der Waals surface area contributed by atoms with E-state index in [4.69, 9.17) is 9.47 Å². The monoisotopic (exact) mass is 524 g/mol. The Bertz CT molecular complexity index is 1560. The van der Waals surface area contributed by atoms with E-state index in [-0.39, 0.29) is 38.0 Å². The number of fused-ring (bicyclic) bond motifs is 1. The second-order valence-corrected chi connectivity index (χ2v) is 9.07. The lowest BCUT2D eigenvalue weighted by molar-refractivity contribution is -0.132. The zero-order valence-corrected chi connectivity index (χ0v) is 20.2. The molecule has 37 heavy (non-hydrogen) atoms. The lowest BCUT2D eigenvalue weighted by Crippen LogP contribution is -2.29. The van der Waals surface area contributed by atoms with Gasteiger partial charge in [-0.1, -0.05) is 23.5 Å². The van der Waals surface area contributed by atoms with E-state index in [1.54, 1.807) is 6.07 Å². The van der Waals surface area contributed by atoms with Crippen molar-refractivity contribution in [3.05, 3.63) is 82.9 Å². The van der Waals surface area contributed by atoms with Crippen LogP contribution in [0.1, 0.15) is 17.2 Å². The number of halogens is 2. The molecule has 11 heteroatoms. The number of anilines is 1. The Morgan fingerprint density at radius 1 is 1.00 bits per heavy atom. The number of aliphatic hydroxyl groups excluding tert-OH is 1. The molecular formula is C26H18F2N2O6S. The first-order valence-electron chi connectivity index (χ1n) is 10.8. The number of amides is 1. The number of phenols is 1. The average Bonchev–Trinajstić information content (AvgIpc) is 3.41. The van der Waals surface area contributed by atoms with Crippen molar-refractivity contribution in [2.45, 2.75) is 6.04 Å². The largest absolute Gasteiger partial charge is 0.508 e. The van der Waals surface area contributed by atoms with Crippen LogP contribution in [-0.4, -0.2) is 41.1 Å². The molecule has 1 aliphatic heterocycles. The molecule has 1 fully saturated rings. The van der Waals surface area contributed by atoms with E-state index >= 15 is 0 Å². The summed E-state index contributed by atoms with van der Waals surface area (Å²) in [6.07, 6.45) is 0. The number of rotatable bonds is 5. The molecule has 5 rings (SSSR count). The Labute approximate surface area is 212 Å². The van der Waals surface area contributed by atoms with Crippen LogP contribution in [0.2, 0.25) is 0 Å². The Morgan fingerprint density at radius 3 is 2.38 bits per heavy atom. The van der Waals surface area contributed by atoms with E-state index in [9.17, 15) is 28.6 Å². The second kappa shape index (κ2) is 9.17. The summed E-state index contributed by atoms with van der Waals surface area (Å²) in [5.41, 5.74) is 0.313. The number of Topliss-reactive ketones (excluding diaryl/α,β-unsaturated/α-hetero) is 1. The van der Waals surface area contributed by atoms with Gasteiger partial charge in [-0.15, -0.1) is 0 Å². The maximum Gasteiger partial charge on any atom is 0.301 e. The highest BCUT2D eigenvalue weighted by molar-refractivity contribution is 7.22. The first-order chi connectivity index (χ1) is 17.7. The van der Waals surface area contributed by atoms with E-state index in [1.165, 1.54) is 50.6 Å². The summed E-state index contributed by atoms with van der Waals surface area (Å²) in [7, 11) is 2.81. The summed E-state index contributed by atoms with van der Waals surface area (Å²) in [6.45, 7) is 0. The van der Waals surface area contributed by atoms with Crippen molar-refractivity contribution in [3.63, 3.8) is 0 Å². The van der Waals surface area contributed by atoms with Crippen LogP contribution in [0.4, 0.5) is 13.9 Å². The topological polar surface area (TPSA) is 109 Å². The number of nitrogens with zero attached hydrogens (tertiary/aromatic N) is 2. The van der Waals surface area contributed by atoms with E-state index in [0.717, 1.165) is 28.4 Å². The summed E-state index contributed by atoms with van der Waals surface area (Å²) in [5.74, 6) is -4.17. The molecule has 188 valence electrons. The fourth-order valence-electron chi connectivity index (χ4n) is 4.16. The maximum atomic E-state index is 13.8. The Balaban J connectivity index is 1.76. The molecule has 1 amide bonds. The van der Waals surface area contributed by atoms with Crippen LogP contribution in [0.3, 0.4) is 0 Å². The van der Waals surface area contributed by atoms with Gasteiger partial charge in [0, 0.05) is 6.07 Å². The van der Waals surface area contributed by atoms with Gasteiger partial charge in [0.2, 0.25) is 0 Å². The fourth-order valence-corrected chi connectivity index (χ4v) is 5.16. The highest BCUT2D eigenvalue weighted by Crippen LogP contribution is 2.45. The summed E-state index contributed by atoms with van der Waals surface area (Å²) >= 11 is 0.885. The van der Waals surface area contributed by atoms with Gasteiger partial charge >= 0.3 is 5.91 Å². The molecule has 0 saturated carbocycles. The molecule has 1 aliphatic rings. The molecule has 8 nitrogen and oxygen atoms in total. The zero-order chi connectivity index (χ0) is 26.4. The summed E-state index contributed by atoms with van der Waals surface area (Å²) in [6, 6.07) is 11.0. The molecule has 4 aromatic rings. The number of hydrogen-bond donors (Lipinski definition) is 2. The minimum atomic E-state index is -1.17. The molecule has 3 aromatic carbocycles. The number of hydrogen-bond acceptors (Lipinski definition) is 8. The van der Waals surface area contributed by atoms with Crippen LogP contribution in [0.25, 0.3) is 16.0 Å². The number of ketones is 1. The number of thiazole rings is 1. The average molecular weight is 525 g/mol. The molecule has 1 aromatic heterocycles. The predicted molar refractivity (Wildman–Crippen MR) is 132 cm³/mol. The number of phenolic OH excluding ortho intramolecular Hbond substituents is 1. The van der Waals surface area contributed by atoms with E-state index < -0.39 is 35.1 Å². The maximum absolute atomic E-state index is 13.8. The summed E-state index contributed by atoms with van der Waals surface area (Å²) in [5, 5.41) is 21.2. The van der Waals surface area contributed by atoms with Gasteiger partial charge in [0.05, 0.1) is 41.6 Å². The van der Waals surface area contributed by atoms with E-state index in [2.05, 4.69) is 4.98 Å². The quantitative estimate of drug-likeness (QED) is 0.217. The van der Waals surface area contributed by atoms with Gasteiger partial charge < -0.3 is 19.7 Å². The van der Waals surface area contributed by atoms with Crippen LogP contribution in [0, 0.1) is 11.6 Å². The number of aromatic nitrogens is 1. The Kier molecular flexibility index (Phi) is 6.00. The molecule has 0 radical (unpaired) electrons. The molecular weight excluding hydrogens is 506 g/mol. The first-order valence-corrected chi connectivity index (χ1v) is 11.6. The molecule has 1 unspecified atom stereocenters. The Hall–Kier alpha value is -4.51. The number of carbonyl (C=O) groups excluding carboxylic acids is 2. The highest BCUT2D eigenvalue weighted by Gasteiger charge is 2.48. The van der Waals surface area contributed by atoms with Crippen molar-refractivity contribution in [3.8, 4) is 17.2 Å². The van der Waals surface area contributed by atoms with Crippen molar-refractivity contribution in [2.75, 3.05) is 19.1 Å². The van der Waals surface area contributed by atoms with E-state index in [1.807, 2.05) is 0 Å². The third kappa shape index (κ3) is 4.02. The van der Waals surface area contributed by atoms with E-state index in [0.29, 0.717) is 11.3 Å². The van der Waals surface area contributed by atoms with Gasteiger partial charge in [0.15, 0.2) is 16.8 Å². The smallest absolute Gasteiger partial charge is 0.301 e. The molecule has 0 bridgehead atoms. The number of methoxy groups -OCH3 is 2. The molecule has 1 atom stereocenters. The van der Waals surface area contributed by atoms with Crippen LogP contribution in [0.5, 0.6) is 17.2 Å². The number of benzene rings is 3. The van der Waals surface area contributed by atoms with Crippen LogP contribution >= 0.6 is 11.3 Å². The van der Waals surface area contributed by atoms with Crippen molar-refractivity contribution >= 4 is 44.1 Å². The minimum absolute atomic E-state index is 0.00293. The third-order valence-electron chi connectivity index (χ3n) is 5.94. The third-order valence-corrected chi connectivity index (χ3v) is 6.96. The van der Waals surface area contributed by atoms with Gasteiger partial charge in [-0.2, -0.15) is 0 Å². The first kappa shape index (κ1) is 24.2. The minimum Gasteiger partial charge on any atom is -0.508 e. The number of ether oxygens (including phenoxy) is 2. The van der Waals surface area contributed by atoms with Crippen LogP contribution < -0.4 is 14.4 Å². The van der Waals surface area contributed by atoms with Crippen LogP contribution in [0.15, 0.2) is 60.2 Å². The highest BCUT2D eigenvalue weighted by atomic mass is 32.1. The molecule has 0 spiro atoms. The SMILES string of the molecule is COc1ccc(OC)c(/C(O)=C2\C(=O)C(=O)N(c3nc4cc(F)c(F)cc4s3)C2c2ccc(O)cc2)c1. The second-order valence-electron chi connectivity index (χ2n) is 8.06. The fraction of sp³-hybridized carbons (Fsp3) is 0.115. The van der Waals surface area contributed by atoms with Gasteiger partial charge in [-0.05, 0) is 42.0 Å². The Morgan fingerprint density at radius 2 is 1.70 bits per heavy atom. The lowest BCUT2D eigenvalue weighted by Gasteiger charge is -2.23. The number of aromatic hydroxyl groups is 1. The van der Waals surface area contributed by atoms with Crippen molar-refractivity contribution < 1.29 is 38.1 Å². The zero-order valence-electron chi connectivity index (χ0n) is 19.4. The van der Waals surface area contributed by atoms with Gasteiger partial charge in [0.1, 0.15) is 23.0 Å². The predicted octanol–water partition coefficient (Wildman–Crippen LogP) is 4.92. The summed E-state index contributed by atoms with van der Waals surface area (Å²) < 4.78 is 38.5. The van der Waals surface area contributed by atoms with Crippen molar-refractivity contribution in [2.24, 2.45) is 0 Å². The lowest BCUT2D eigenvalue weighted by atomic mass is 9.95. The molecule has 0 aliphatic carbocycles. The van der Waals surface area contributed by atoms with Crippen molar-refractivity contribution in [1.82, 2.24) is 4.98 Å². The number of carbonyl (C=O) groups is 2. The molecule has 2 heterocycles. The normalized spacial score (nSPS) is 17.0. The van der Waals surface area contributed by atoms with Gasteiger partial charge in [-0.25, -0.2) is 13.8 Å². The van der Waals surface area contributed by atoms with Crippen LogP contribution in [-0.2, 0) is 9.59 Å². The number of aliphatic hydroxyl groups is 1. The van der Waals surface area contributed by atoms with Gasteiger partial charge in [0.25, 0.3) is 5.78 Å². The standard InChI is InChI=1S/C26H18F2N2O6S/c1-35-14-7-8-19(36-2)15(9-14)23(32)21-22(12-3-5-13(31)6-4-12)30(25(34)24(21)33)26-29-18-10-16(27)17(28)11-20(18)37-26/h3-11,22,31-32H,1-2H3/b23-21+. The summed E-state index contributed by atoms with van der Waals surface area (Å²) in [4.78, 5) is 32.0. The molecule has 1 saturated heterocycles. The van der Waals surface area contributed by atoms with Gasteiger partial charge in [-0.3, -0.25) is 14.5 Å². The molecule has 2 N–H and O–H groups in total.